The van der Waals surface area contributed by atoms with Crippen LogP contribution >= 0.6 is 0 Å². The summed E-state index contributed by atoms with van der Waals surface area (Å²) in [6.45, 7) is 5.05. The zero-order valence-electron chi connectivity index (χ0n) is 13.2. The van der Waals surface area contributed by atoms with Gasteiger partial charge in [0.15, 0.2) is 17.5 Å². The van der Waals surface area contributed by atoms with Crippen LogP contribution in [0.25, 0.3) is 0 Å². The van der Waals surface area contributed by atoms with Crippen molar-refractivity contribution in [3.8, 4) is 0 Å². The number of carboxylic acids is 1. The number of rotatable bonds is 2. The molecule has 3 atom stereocenters. The second-order valence-corrected chi connectivity index (χ2v) is 6.24. The Bertz CT molecular complexity index is 740. The number of aliphatic imine (C=N–C) groups is 1. The van der Waals surface area contributed by atoms with Gasteiger partial charge in [-0.25, -0.2) is 9.38 Å². The van der Waals surface area contributed by atoms with E-state index in [1.807, 2.05) is 18.7 Å². The smallest absolute Gasteiger partial charge is 0.323 e. The van der Waals surface area contributed by atoms with Crippen LogP contribution in [-0.4, -0.2) is 48.0 Å². The minimum absolute atomic E-state index is 0.141. The third-order valence-corrected chi connectivity index (χ3v) is 4.23. The van der Waals surface area contributed by atoms with Crippen molar-refractivity contribution in [1.29, 1.82) is 0 Å². The van der Waals surface area contributed by atoms with Crippen LogP contribution in [0.15, 0.2) is 17.1 Å². The third-order valence-electron chi connectivity index (χ3n) is 4.23. The number of halogens is 2. The molecule has 6 nitrogen and oxygen atoms in total. The molecular formula is C16H17F2N3O3. The molecular weight excluding hydrogens is 320 g/mol. The van der Waals surface area contributed by atoms with Crippen molar-refractivity contribution in [2.45, 2.75) is 25.9 Å². The fourth-order valence-corrected chi connectivity index (χ4v) is 3.28. The largest absolute Gasteiger partial charge is 0.480 e. The lowest BCUT2D eigenvalue weighted by Gasteiger charge is -2.38. The van der Waals surface area contributed by atoms with Crippen LogP contribution < -0.4 is 10.2 Å². The highest BCUT2D eigenvalue weighted by Crippen LogP contribution is 2.37. The number of carboxylic acid groups (broad SMARTS) is 1. The van der Waals surface area contributed by atoms with Gasteiger partial charge in [0.1, 0.15) is 5.69 Å². The molecule has 0 bridgehead atoms. The highest BCUT2D eigenvalue weighted by Gasteiger charge is 2.39. The van der Waals surface area contributed by atoms with Crippen molar-refractivity contribution in [2.75, 3.05) is 18.0 Å². The Morgan fingerprint density at radius 3 is 2.50 bits per heavy atom. The average Bonchev–Trinajstić information content (AvgIpc) is 2.47. The summed E-state index contributed by atoms with van der Waals surface area (Å²) in [6.07, 6.45) is 0. The van der Waals surface area contributed by atoms with E-state index >= 15 is 0 Å². The first-order valence-electron chi connectivity index (χ1n) is 7.64. The number of fused-ring (bicyclic) bond motifs is 1. The summed E-state index contributed by atoms with van der Waals surface area (Å²) in [6, 6.07) is 3.03. The molecule has 0 aliphatic carbocycles. The van der Waals surface area contributed by atoms with Gasteiger partial charge in [0, 0.05) is 30.7 Å². The fourth-order valence-electron chi connectivity index (χ4n) is 3.28. The minimum Gasteiger partial charge on any atom is -0.480 e. The van der Waals surface area contributed by atoms with Crippen LogP contribution in [-0.2, 0) is 4.79 Å². The lowest BCUT2D eigenvalue weighted by Crippen LogP contribution is -2.54. The molecule has 0 radical (unpaired) electrons. The van der Waals surface area contributed by atoms with Crippen molar-refractivity contribution >= 4 is 29.1 Å². The standard InChI is InChI=1S/C16H17F2N3O3/c1-7-5-21(6-8(2)19-7)10-4-3-9-13(12(10)17)20-15(18)11(14(9)22)16(23)24/h3-4,7-8,11,19H,5-6H2,1-2H3,(H,23,24). The fraction of sp³-hybridized carbons (Fsp3) is 0.438. The van der Waals surface area contributed by atoms with E-state index in [-0.39, 0.29) is 23.3 Å². The molecule has 0 spiro atoms. The first-order chi connectivity index (χ1) is 11.3. The number of carbonyl (C=O) groups excluding carboxylic acids is 1. The summed E-state index contributed by atoms with van der Waals surface area (Å²) in [5, 5.41) is 12.3. The predicted octanol–water partition coefficient (Wildman–Crippen LogP) is 1.91. The number of nitrogens with one attached hydrogen (secondary N) is 1. The Kier molecular flexibility index (Phi) is 4.08. The second-order valence-electron chi connectivity index (χ2n) is 6.24. The molecule has 1 saturated heterocycles. The number of benzene rings is 1. The molecule has 8 heteroatoms. The maximum absolute atomic E-state index is 14.8. The molecule has 2 aliphatic heterocycles. The van der Waals surface area contributed by atoms with E-state index in [1.165, 1.54) is 12.1 Å². The summed E-state index contributed by atoms with van der Waals surface area (Å²) in [5.41, 5.74) is -0.403. The maximum atomic E-state index is 14.8. The quantitative estimate of drug-likeness (QED) is 0.806. The molecule has 1 aromatic carbocycles. The number of Topliss-reactive ketones (excluding diaryl/α,β-unsaturated/α-hetero) is 1. The van der Waals surface area contributed by atoms with Crippen molar-refractivity contribution in [1.82, 2.24) is 5.32 Å². The van der Waals surface area contributed by atoms with Gasteiger partial charge in [-0.15, -0.1) is 0 Å². The van der Waals surface area contributed by atoms with E-state index in [0.717, 1.165) is 0 Å². The molecule has 2 heterocycles. The number of hydrogen-bond donors (Lipinski definition) is 2. The minimum atomic E-state index is -2.00. The Morgan fingerprint density at radius 1 is 1.29 bits per heavy atom. The maximum Gasteiger partial charge on any atom is 0.323 e. The van der Waals surface area contributed by atoms with Crippen LogP contribution in [0.1, 0.15) is 24.2 Å². The number of nitrogens with zero attached hydrogens (tertiary/aromatic N) is 2. The van der Waals surface area contributed by atoms with Gasteiger partial charge >= 0.3 is 5.97 Å². The van der Waals surface area contributed by atoms with Crippen LogP contribution in [0.2, 0.25) is 0 Å². The molecule has 24 heavy (non-hydrogen) atoms. The van der Waals surface area contributed by atoms with Crippen molar-refractivity contribution in [2.24, 2.45) is 10.9 Å². The molecule has 128 valence electrons. The zero-order chi connectivity index (χ0) is 17.6. The number of anilines is 1. The molecule has 2 N–H and O–H groups in total. The van der Waals surface area contributed by atoms with Crippen LogP contribution in [0, 0.1) is 11.7 Å². The van der Waals surface area contributed by atoms with Crippen LogP contribution in [0.5, 0.6) is 0 Å². The third kappa shape index (κ3) is 2.66. The van der Waals surface area contributed by atoms with Crippen LogP contribution in [0.4, 0.5) is 20.2 Å². The van der Waals surface area contributed by atoms with E-state index in [1.54, 1.807) is 0 Å². The number of carbonyl (C=O) groups is 2. The van der Waals surface area contributed by atoms with Crippen molar-refractivity contribution in [3.05, 3.63) is 23.5 Å². The van der Waals surface area contributed by atoms with E-state index in [9.17, 15) is 18.4 Å². The topological polar surface area (TPSA) is 82.0 Å². The normalized spacial score (nSPS) is 26.8. The monoisotopic (exact) mass is 337 g/mol. The first kappa shape index (κ1) is 16.5. The molecule has 0 aromatic heterocycles. The summed E-state index contributed by atoms with van der Waals surface area (Å²) in [5.74, 6) is -6.82. The van der Waals surface area contributed by atoms with Gasteiger partial charge in [-0.05, 0) is 26.0 Å². The molecule has 0 saturated carbocycles. The molecule has 0 amide bonds. The molecule has 1 aromatic rings. The van der Waals surface area contributed by atoms with Gasteiger partial charge in [0.25, 0.3) is 0 Å². The summed E-state index contributed by atoms with van der Waals surface area (Å²) < 4.78 is 28.7. The Morgan fingerprint density at radius 2 is 1.92 bits per heavy atom. The lowest BCUT2D eigenvalue weighted by molar-refractivity contribution is -0.138. The molecule has 1 fully saturated rings. The van der Waals surface area contributed by atoms with Gasteiger partial charge < -0.3 is 15.3 Å². The summed E-state index contributed by atoms with van der Waals surface area (Å²) >= 11 is 0. The molecule has 3 rings (SSSR count). The van der Waals surface area contributed by atoms with Crippen molar-refractivity contribution < 1.29 is 23.5 Å². The van der Waals surface area contributed by atoms with Crippen molar-refractivity contribution in [3.63, 3.8) is 0 Å². The van der Waals surface area contributed by atoms with E-state index < -0.39 is 35.1 Å². The number of aliphatic carboxylic acids is 1. The molecule has 2 aliphatic rings. The number of ketones is 1. The van der Waals surface area contributed by atoms with E-state index in [4.69, 9.17) is 5.11 Å². The number of hydrogen-bond acceptors (Lipinski definition) is 5. The number of piperazine rings is 1. The zero-order valence-corrected chi connectivity index (χ0v) is 13.2. The molecule has 3 unspecified atom stereocenters. The van der Waals surface area contributed by atoms with Gasteiger partial charge in [-0.2, -0.15) is 4.39 Å². The van der Waals surface area contributed by atoms with E-state index in [2.05, 4.69) is 10.3 Å². The highest BCUT2D eigenvalue weighted by molar-refractivity contribution is 6.25. The van der Waals surface area contributed by atoms with E-state index in [0.29, 0.717) is 13.1 Å². The first-order valence-corrected chi connectivity index (χ1v) is 7.64. The van der Waals surface area contributed by atoms with Gasteiger partial charge in [0.05, 0.1) is 5.69 Å². The SMILES string of the molecule is CC1CN(c2ccc3c(c2F)N=C(F)C(C(=O)O)C3=O)CC(C)N1. The van der Waals surface area contributed by atoms with Gasteiger partial charge in [-0.1, -0.05) is 0 Å². The lowest BCUT2D eigenvalue weighted by atomic mass is 9.93. The van der Waals surface area contributed by atoms with Crippen LogP contribution in [0.3, 0.4) is 0 Å². The predicted molar refractivity (Wildman–Crippen MR) is 84.3 cm³/mol. The van der Waals surface area contributed by atoms with Gasteiger partial charge in [0.2, 0.25) is 5.97 Å². The summed E-state index contributed by atoms with van der Waals surface area (Å²) in [7, 11) is 0. The van der Waals surface area contributed by atoms with Gasteiger partial charge in [-0.3, -0.25) is 9.59 Å². The Labute approximate surface area is 137 Å². The average molecular weight is 337 g/mol. The highest BCUT2D eigenvalue weighted by atomic mass is 19.1. The second kappa shape index (κ2) is 5.94. The summed E-state index contributed by atoms with van der Waals surface area (Å²) in [4.78, 5) is 28.4. The Hall–Kier alpha value is -2.35. The Balaban J connectivity index is 2.04.